The number of aromatic nitrogens is 1. The number of pyridine rings is 1. The van der Waals surface area contributed by atoms with Crippen LogP contribution in [-0.2, 0) is 0 Å². The third kappa shape index (κ3) is 3.40. The van der Waals surface area contributed by atoms with E-state index in [1.54, 1.807) is 6.20 Å². The molecule has 1 rings (SSSR count). The van der Waals surface area contributed by atoms with E-state index in [1.165, 1.54) is 12.8 Å². The van der Waals surface area contributed by atoms with Crippen LogP contribution in [-0.4, -0.2) is 18.1 Å². The van der Waals surface area contributed by atoms with E-state index in [-0.39, 0.29) is 0 Å². The second-order valence-corrected chi connectivity index (χ2v) is 4.17. The van der Waals surface area contributed by atoms with Crippen molar-refractivity contribution in [1.29, 1.82) is 0 Å². The van der Waals surface area contributed by atoms with Crippen LogP contribution in [0.5, 0.6) is 0 Å². The molecule has 0 spiro atoms. The molecule has 0 aromatic carbocycles. The van der Waals surface area contributed by atoms with Crippen LogP contribution in [0.25, 0.3) is 0 Å². The van der Waals surface area contributed by atoms with Gasteiger partial charge in [0.25, 0.3) is 0 Å². The molecule has 0 aliphatic rings. The van der Waals surface area contributed by atoms with Crippen molar-refractivity contribution in [3.63, 3.8) is 0 Å². The third-order valence-electron chi connectivity index (χ3n) is 3.11. The summed E-state index contributed by atoms with van der Waals surface area (Å²) in [5.41, 5.74) is 6.57. The molecule has 1 aromatic heterocycles. The molecule has 0 amide bonds. The summed E-state index contributed by atoms with van der Waals surface area (Å²) in [6.07, 6.45) is 4.21. The van der Waals surface area contributed by atoms with Crippen LogP contribution in [0.15, 0.2) is 18.3 Å². The molecule has 0 radical (unpaired) electrons. The summed E-state index contributed by atoms with van der Waals surface area (Å²) in [4.78, 5) is 6.68. The van der Waals surface area contributed by atoms with Gasteiger partial charge in [-0.05, 0) is 18.9 Å². The van der Waals surface area contributed by atoms with E-state index in [1.807, 2.05) is 12.1 Å². The summed E-state index contributed by atoms with van der Waals surface area (Å²) in [6.45, 7) is 8.70. The average molecular weight is 221 g/mol. The second kappa shape index (κ2) is 6.36. The van der Waals surface area contributed by atoms with Crippen molar-refractivity contribution in [3.05, 3.63) is 18.3 Å². The fourth-order valence-electron chi connectivity index (χ4n) is 1.85. The fraction of sp³-hybridized carbons (Fsp3) is 0.615. The topological polar surface area (TPSA) is 42.1 Å². The molecular weight excluding hydrogens is 198 g/mol. The van der Waals surface area contributed by atoms with Crippen LogP contribution in [0.1, 0.15) is 33.6 Å². The summed E-state index contributed by atoms with van der Waals surface area (Å²) in [5, 5.41) is 0. The fourth-order valence-corrected chi connectivity index (χ4v) is 1.85. The van der Waals surface area contributed by atoms with Gasteiger partial charge in [-0.25, -0.2) is 4.98 Å². The van der Waals surface area contributed by atoms with Gasteiger partial charge in [-0.15, -0.1) is 0 Å². The number of nitrogens with zero attached hydrogens (tertiary/aromatic N) is 2. The highest BCUT2D eigenvalue weighted by atomic mass is 15.2. The van der Waals surface area contributed by atoms with Gasteiger partial charge < -0.3 is 10.6 Å². The average Bonchev–Trinajstić information content (AvgIpc) is 2.31. The van der Waals surface area contributed by atoms with Gasteiger partial charge in [-0.2, -0.15) is 0 Å². The van der Waals surface area contributed by atoms with Crippen LogP contribution in [0.4, 0.5) is 11.5 Å². The predicted molar refractivity (Wildman–Crippen MR) is 70.6 cm³/mol. The monoisotopic (exact) mass is 221 g/mol. The van der Waals surface area contributed by atoms with Crippen molar-refractivity contribution in [2.75, 3.05) is 23.7 Å². The Balaban J connectivity index is 2.74. The predicted octanol–water partition coefficient (Wildman–Crippen LogP) is 2.93. The Kier molecular flexibility index (Phi) is 5.09. The van der Waals surface area contributed by atoms with Gasteiger partial charge in [0.2, 0.25) is 0 Å². The lowest BCUT2D eigenvalue weighted by atomic mass is 10.0. The Morgan fingerprint density at radius 3 is 2.50 bits per heavy atom. The molecule has 0 saturated carbocycles. The molecule has 0 fully saturated rings. The van der Waals surface area contributed by atoms with Gasteiger partial charge >= 0.3 is 0 Å². The maximum absolute atomic E-state index is 5.78. The molecule has 0 unspecified atom stereocenters. The number of hydrogen-bond donors (Lipinski definition) is 1. The molecule has 3 nitrogen and oxygen atoms in total. The Morgan fingerprint density at radius 1 is 1.31 bits per heavy atom. The molecule has 16 heavy (non-hydrogen) atoms. The van der Waals surface area contributed by atoms with Gasteiger partial charge in [-0.3, -0.25) is 0 Å². The number of hydrogen-bond acceptors (Lipinski definition) is 3. The molecule has 0 aliphatic carbocycles. The van der Waals surface area contributed by atoms with Crippen molar-refractivity contribution in [2.24, 2.45) is 5.92 Å². The molecule has 1 aromatic rings. The zero-order chi connectivity index (χ0) is 12.0. The normalized spacial score (nSPS) is 10.8. The smallest absolute Gasteiger partial charge is 0.130 e. The lowest BCUT2D eigenvalue weighted by molar-refractivity contribution is 0.484. The summed E-state index contributed by atoms with van der Waals surface area (Å²) in [5.74, 6) is 1.73. The molecule has 0 atom stereocenters. The van der Waals surface area contributed by atoms with Crippen molar-refractivity contribution in [3.8, 4) is 0 Å². The zero-order valence-electron chi connectivity index (χ0n) is 10.6. The van der Waals surface area contributed by atoms with Gasteiger partial charge in [0, 0.05) is 31.0 Å². The first kappa shape index (κ1) is 12.8. The highest BCUT2D eigenvalue weighted by Crippen LogP contribution is 2.17. The SMILES string of the molecule is CCC(CC)CN(CC)c1cc(N)ccn1. The maximum Gasteiger partial charge on any atom is 0.130 e. The molecule has 0 bridgehead atoms. The Hall–Kier alpha value is -1.25. The second-order valence-electron chi connectivity index (χ2n) is 4.17. The summed E-state index contributed by atoms with van der Waals surface area (Å²) in [7, 11) is 0. The van der Waals surface area contributed by atoms with Crippen molar-refractivity contribution in [1.82, 2.24) is 4.98 Å². The van der Waals surface area contributed by atoms with E-state index in [2.05, 4.69) is 30.7 Å². The quantitative estimate of drug-likeness (QED) is 0.803. The molecule has 1 heterocycles. The van der Waals surface area contributed by atoms with E-state index in [0.29, 0.717) is 0 Å². The molecule has 0 aliphatic heterocycles. The zero-order valence-corrected chi connectivity index (χ0v) is 10.6. The van der Waals surface area contributed by atoms with Crippen molar-refractivity contribution < 1.29 is 0 Å². The minimum atomic E-state index is 0.739. The van der Waals surface area contributed by atoms with Gasteiger partial charge in [-0.1, -0.05) is 26.7 Å². The van der Waals surface area contributed by atoms with E-state index < -0.39 is 0 Å². The summed E-state index contributed by atoms with van der Waals surface area (Å²) < 4.78 is 0. The van der Waals surface area contributed by atoms with Crippen molar-refractivity contribution >= 4 is 11.5 Å². The van der Waals surface area contributed by atoms with Gasteiger partial charge in [0.1, 0.15) is 5.82 Å². The first-order chi connectivity index (χ1) is 7.71. The summed E-state index contributed by atoms with van der Waals surface area (Å²) >= 11 is 0. The number of nitrogens with two attached hydrogens (primary N) is 1. The number of anilines is 2. The highest BCUT2D eigenvalue weighted by Gasteiger charge is 2.11. The molecule has 0 saturated heterocycles. The molecule has 90 valence electrons. The third-order valence-corrected chi connectivity index (χ3v) is 3.11. The Morgan fingerprint density at radius 2 is 2.00 bits per heavy atom. The maximum atomic E-state index is 5.78. The standard InChI is InChI=1S/C13H23N3/c1-4-11(5-2)10-16(6-3)13-9-12(14)7-8-15-13/h7-9,11H,4-6,10H2,1-3H3,(H2,14,15). The molecular formula is C13H23N3. The van der Waals surface area contributed by atoms with Gasteiger partial charge in [0.15, 0.2) is 0 Å². The minimum Gasteiger partial charge on any atom is -0.399 e. The van der Waals surface area contributed by atoms with Crippen LogP contribution in [0.2, 0.25) is 0 Å². The lowest BCUT2D eigenvalue weighted by Crippen LogP contribution is -2.29. The Bertz CT molecular complexity index is 308. The van der Waals surface area contributed by atoms with Crippen molar-refractivity contribution in [2.45, 2.75) is 33.6 Å². The number of nitrogen functional groups attached to an aromatic ring is 1. The molecule has 3 heteroatoms. The van der Waals surface area contributed by atoms with E-state index >= 15 is 0 Å². The van der Waals surface area contributed by atoms with Crippen LogP contribution in [0, 0.1) is 5.92 Å². The Labute approximate surface area is 98.7 Å². The van der Waals surface area contributed by atoms with Crippen LogP contribution in [0.3, 0.4) is 0 Å². The van der Waals surface area contributed by atoms with Crippen LogP contribution < -0.4 is 10.6 Å². The minimum absolute atomic E-state index is 0.739. The van der Waals surface area contributed by atoms with E-state index in [9.17, 15) is 0 Å². The van der Waals surface area contributed by atoms with Crippen LogP contribution >= 0.6 is 0 Å². The first-order valence-electron chi connectivity index (χ1n) is 6.17. The lowest BCUT2D eigenvalue weighted by Gasteiger charge is -2.26. The highest BCUT2D eigenvalue weighted by molar-refractivity contribution is 5.50. The molecule has 2 N–H and O–H groups in total. The largest absolute Gasteiger partial charge is 0.399 e. The number of rotatable bonds is 6. The van der Waals surface area contributed by atoms with E-state index in [4.69, 9.17) is 5.73 Å². The van der Waals surface area contributed by atoms with Gasteiger partial charge in [0.05, 0.1) is 0 Å². The first-order valence-corrected chi connectivity index (χ1v) is 6.17. The van der Waals surface area contributed by atoms with E-state index in [0.717, 1.165) is 30.5 Å². The summed E-state index contributed by atoms with van der Waals surface area (Å²) in [6, 6.07) is 3.78.